The van der Waals surface area contributed by atoms with E-state index in [1.54, 1.807) is 24.3 Å². The molecular weight excluding hydrogens is 168 g/mol. The highest BCUT2D eigenvalue weighted by Gasteiger charge is 2.11. The molecule has 0 saturated heterocycles. The number of ketones is 1. The molecule has 1 radical (unpaired) electrons. The normalized spacial score (nSPS) is 10.2. The lowest BCUT2D eigenvalue weighted by molar-refractivity contribution is 0.100. The standard InChI is InChI=1S/C10H7O3/c11-9(10-4-2-6-13-10)7-8-3-1-5-12-8/h1-7H. The van der Waals surface area contributed by atoms with E-state index < -0.39 is 0 Å². The van der Waals surface area contributed by atoms with Crippen molar-refractivity contribution in [3.63, 3.8) is 0 Å². The van der Waals surface area contributed by atoms with Gasteiger partial charge in [-0.2, -0.15) is 0 Å². The smallest absolute Gasteiger partial charge is 0.209 e. The van der Waals surface area contributed by atoms with Gasteiger partial charge >= 0.3 is 0 Å². The minimum atomic E-state index is -0.194. The Morgan fingerprint density at radius 3 is 2.54 bits per heavy atom. The maximum Gasteiger partial charge on any atom is 0.209 e. The van der Waals surface area contributed by atoms with Gasteiger partial charge in [0.1, 0.15) is 12.2 Å². The van der Waals surface area contributed by atoms with Crippen molar-refractivity contribution in [3.8, 4) is 0 Å². The van der Waals surface area contributed by atoms with Crippen molar-refractivity contribution in [2.75, 3.05) is 0 Å². The van der Waals surface area contributed by atoms with Crippen LogP contribution in [0.3, 0.4) is 0 Å². The van der Waals surface area contributed by atoms with E-state index in [-0.39, 0.29) is 5.78 Å². The van der Waals surface area contributed by atoms with E-state index in [4.69, 9.17) is 8.83 Å². The van der Waals surface area contributed by atoms with Crippen LogP contribution in [0.2, 0.25) is 0 Å². The van der Waals surface area contributed by atoms with Crippen LogP contribution < -0.4 is 0 Å². The molecule has 0 fully saturated rings. The highest BCUT2D eigenvalue weighted by molar-refractivity contribution is 6.02. The average molecular weight is 175 g/mol. The zero-order chi connectivity index (χ0) is 9.10. The molecule has 0 bridgehead atoms. The molecule has 2 aromatic heterocycles. The van der Waals surface area contributed by atoms with Gasteiger partial charge in [0.05, 0.1) is 12.5 Å². The van der Waals surface area contributed by atoms with Crippen LogP contribution in [0.5, 0.6) is 0 Å². The summed E-state index contributed by atoms with van der Waals surface area (Å²) < 4.78 is 9.91. The molecular formula is C10H7O3. The molecule has 2 heterocycles. The van der Waals surface area contributed by atoms with Gasteiger partial charge in [0.25, 0.3) is 0 Å². The molecule has 0 aliphatic rings. The molecule has 0 unspecified atom stereocenters. The number of furan rings is 2. The summed E-state index contributed by atoms with van der Waals surface area (Å²) in [7, 11) is 0. The zero-order valence-electron chi connectivity index (χ0n) is 6.77. The van der Waals surface area contributed by atoms with Crippen LogP contribution in [0.15, 0.2) is 45.6 Å². The summed E-state index contributed by atoms with van der Waals surface area (Å²) in [5.74, 6) is 0.651. The van der Waals surface area contributed by atoms with Crippen molar-refractivity contribution in [1.82, 2.24) is 0 Å². The molecule has 0 aliphatic heterocycles. The lowest BCUT2D eigenvalue weighted by Crippen LogP contribution is -1.97. The van der Waals surface area contributed by atoms with Crippen LogP contribution in [0.25, 0.3) is 0 Å². The molecule has 0 atom stereocenters. The van der Waals surface area contributed by atoms with E-state index in [9.17, 15) is 4.79 Å². The third kappa shape index (κ3) is 1.69. The summed E-state index contributed by atoms with van der Waals surface area (Å²) in [5.41, 5.74) is 0. The van der Waals surface area contributed by atoms with E-state index in [2.05, 4.69) is 0 Å². The Morgan fingerprint density at radius 1 is 1.15 bits per heavy atom. The minimum Gasteiger partial charge on any atom is -0.469 e. The van der Waals surface area contributed by atoms with E-state index in [1.165, 1.54) is 18.9 Å². The Bertz CT molecular complexity index is 370. The molecule has 0 aliphatic carbocycles. The Hall–Kier alpha value is -1.77. The zero-order valence-corrected chi connectivity index (χ0v) is 6.77. The highest BCUT2D eigenvalue weighted by Crippen LogP contribution is 2.09. The van der Waals surface area contributed by atoms with Crippen molar-refractivity contribution >= 4 is 5.78 Å². The molecule has 0 spiro atoms. The SMILES string of the molecule is O=C([CH]c1ccco1)c1ccco1. The van der Waals surface area contributed by atoms with Crippen molar-refractivity contribution in [2.24, 2.45) is 0 Å². The molecule has 2 aromatic rings. The van der Waals surface area contributed by atoms with Crippen molar-refractivity contribution in [1.29, 1.82) is 0 Å². The Balaban J connectivity index is 2.08. The van der Waals surface area contributed by atoms with E-state index in [0.29, 0.717) is 11.5 Å². The average Bonchev–Trinajstić information content (AvgIpc) is 2.74. The van der Waals surface area contributed by atoms with Crippen LogP contribution in [0.1, 0.15) is 16.3 Å². The van der Waals surface area contributed by atoms with Gasteiger partial charge in [-0.25, -0.2) is 0 Å². The van der Waals surface area contributed by atoms with E-state index in [1.807, 2.05) is 0 Å². The molecule has 0 saturated carbocycles. The maximum absolute atomic E-state index is 11.4. The van der Waals surface area contributed by atoms with Crippen LogP contribution in [-0.4, -0.2) is 5.78 Å². The molecule has 0 aromatic carbocycles. The third-order valence-electron chi connectivity index (χ3n) is 1.58. The number of carbonyl (C=O) groups excluding carboxylic acids is 1. The predicted octanol–water partition coefficient (Wildman–Crippen LogP) is 2.31. The quantitative estimate of drug-likeness (QED) is 0.672. The molecule has 2 rings (SSSR count). The lowest BCUT2D eigenvalue weighted by atomic mass is 10.2. The van der Waals surface area contributed by atoms with Gasteiger partial charge < -0.3 is 8.83 Å². The number of Topliss-reactive ketones (excluding diaryl/α,β-unsaturated/α-hetero) is 1. The molecule has 0 N–H and O–H groups in total. The highest BCUT2D eigenvalue weighted by atomic mass is 16.3. The number of rotatable bonds is 3. The van der Waals surface area contributed by atoms with Gasteiger partial charge in [0.2, 0.25) is 5.78 Å². The summed E-state index contributed by atoms with van der Waals surface area (Å²) in [6.07, 6.45) is 4.36. The van der Waals surface area contributed by atoms with Crippen LogP contribution in [0.4, 0.5) is 0 Å². The van der Waals surface area contributed by atoms with Gasteiger partial charge in [0, 0.05) is 0 Å². The van der Waals surface area contributed by atoms with Crippen LogP contribution in [0, 0.1) is 6.42 Å². The summed E-state index contributed by atoms with van der Waals surface area (Å²) >= 11 is 0. The summed E-state index contributed by atoms with van der Waals surface area (Å²) in [6, 6.07) is 6.72. The second-order valence-corrected chi connectivity index (χ2v) is 2.50. The second kappa shape index (κ2) is 3.31. The van der Waals surface area contributed by atoms with Gasteiger partial charge in [-0.15, -0.1) is 0 Å². The van der Waals surface area contributed by atoms with Crippen molar-refractivity contribution in [3.05, 3.63) is 54.7 Å². The monoisotopic (exact) mass is 175 g/mol. The fourth-order valence-electron chi connectivity index (χ4n) is 0.992. The van der Waals surface area contributed by atoms with Crippen LogP contribution >= 0.6 is 0 Å². The van der Waals surface area contributed by atoms with E-state index >= 15 is 0 Å². The van der Waals surface area contributed by atoms with Crippen molar-refractivity contribution in [2.45, 2.75) is 0 Å². The summed E-state index contributed by atoms with van der Waals surface area (Å²) in [6.45, 7) is 0. The molecule has 3 nitrogen and oxygen atoms in total. The molecule has 13 heavy (non-hydrogen) atoms. The Morgan fingerprint density at radius 2 is 1.92 bits per heavy atom. The second-order valence-electron chi connectivity index (χ2n) is 2.50. The van der Waals surface area contributed by atoms with Gasteiger partial charge in [-0.05, 0) is 24.3 Å². The summed E-state index contributed by atoms with van der Waals surface area (Å²) in [4.78, 5) is 11.4. The number of hydrogen-bond donors (Lipinski definition) is 0. The fourth-order valence-corrected chi connectivity index (χ4v) is 0.992. The van der Waals surface area contributed by atoms with Gasteiger partial charge in [0.15, 0.2) is 5.76 Å². The summed E-state index contributed by atoms with van der Waals surface area (Å²) in [5, 5.41) is 0. The van der Waals surface area contributed by atoms with Gasteiger partial charge in [-0.1, -0.05) is 0 Å². The van der Waals surface area contributed by atoms with Crippen molar-refractivity contribution < 1.29 is 13.6 Å². The molecule has 3 heteroatoms. The fraction of sp³-hybridized carbons (Fsp3) is 0. The maximum atomic E-state index is 11.4. The van der Waals surface area contributed by atoms with Crippen LogP contribution in [-0.2, 0) is 0 Å². The number of carbonyl (C=O) groups is 1. The first kappa shape index (κ1) is 7.86. The van der Waals surface area contributed by atoms with E-state index in [0.717, 1.165) is 0 Å². The first-order valence-electron chi connectivity index (χ1n) is 3.82. The topological polar surface area (TPSA) is 43.4 Å². The predicted molar refractivity (Wildman–Crippen MR) is 45.1 cm³/mol. The third-order valence-corrected chi connectivity index (χ3v) is 1.58. The first-order valence-corrected chi connectivity index (χ1v) is 3.82. The van der Waals surface area contributed by atoms with Gasteiger partial charge in [-0.3, -0.25) is 4.79 Å². The first-order chi connectivity index (χ1) is 6.36. The Labute approximate surface area is 75.0 Å². The molecule has 0 amide bonds. The largest absolute Gasteiger partial charge is 0.469 e. The Kier molecular flexibility index (Phi) is 2.00. The molecule has 65 valence electrons. The lowest BCUT2D eigenvalue weighted by Gasteiger charge is -1.91. The number of hydrogen-bond acceptors (Lipinski definition) is 3. The minimum absolute atomic E-state index is 0.194.